The first-order valence-corrected chi connectivity index (χ1v) is 9.76. The molecule has 0 amide bonds. The van der Waals surface area contributed by atoms with Gasteiger partial charge in [0.05, 0.1) is 22.8 Å². The van der Waals surface area contributed by atoms with Gasteiger partial charge in [-0.2, -0.15) is 0 Å². The van der Waals surface area contributed by atoms with Gasteiger partial charge in [0.25, 0.3) is 0 Å². The van der Waals surface area contributed by atoms with Crippen LogP contribution in [-0.4, -0.2) is 11.4 Å². The number of nitrogens with zero attached hydrogens (tertiary/aromatic N) is 2. The van der Waals surface area contributed by atoms with Gasteiger partial charge < -0.3 is 0 Å². The standard InChI is InChI=1S/C24H30N2/c1-3-5-9-19-23(25-21-15-11-7-12-16-21)24(20-10-6-4-2)26-22-17-13-8-14-18-22/h7-9,11-19H,3-6,10,20H2,1-2H3. The number of hydrogen-bond donors (Lipinski definition) is 0. The fourth-order valence-electron chi connectivity index (χ4n) is 2.64. The second-order valence-electron chi connectivity index (χ2n) is 6.37. The maximum atomic E-state index is 4.94. The van der Waals surface area contributed by atoms with Crippen LogP contribution in [0.5, 0.6) is 0 Å². The summed E-state index contributed by atoms with van der Waals surface area (Å²) in [5.41, 5.74) is 4.01. The van der Waals surface area contributed by atoms with Gasteiger partial charge in [-0.1, -0.05) is 75.6 Å². The molecule has 0 N–H and O–H groups in total. The lowest BCUT2D eigenvalue weighted by Crippen LogP contribution is -2.12. The van der Waals surface area contributed by atoms with Gasteiger partial charge in [0.15, 0.2) is 0 Å². The third-order valence-corrected chi connectivity index (χ3v) is 4.07. The molecule has 0 spiro atoms. The van der Waals surface area contributed by atoms with Crippen LogP contribution in [0, 0.1) is 0 Å². The molecule has 2 aromatic rings. The molecule has 0 aliphatic heterocycles. The van der Waals surface area contributed by atoms with Crippen LogP contribution in [0.25, 0.3) is 0 Å². The van der Waals surface area contributed by atoms with Crippen molar-refractivity contribution < 1.29 is 0 Å². The monoisotopic (exact) mass is 346 g/mol. The summed E-state index contributed by atoms with van der Waals surface area (Å²) in [6.45, 7) is 4.42. The lowest BCUT2D eigenvalue weighted by atomic mass is 10.1. The van der Waals surface area contributed by atoms with Crippen molar-refractivity contribution >= 4 is 22.8 Å². The molecule has 0 saturated carbocycles. The highest BCUT2D eigenvalue weighted by Crippen LogP contribution is 2.17. The fraction of sp³-hybridized carbons (Fsp3) is 0.333. The largest absolute Gasteiger partial charge is 0.251 e. The number of para-hydroxylation sites is 2. The van der Waals surface area contributed by atoms with E-state index in [0.29, 0.717) is 0 Å². The number of allylic oxidation sites excluding steroid dienone is 2. The molecule has 0 aliphatic carbocycles. The van der Waals surface area contributed by atoms with E-state index >= 15 is 0 Å². The molecule has 0 aromatic heterocycles. The normalized spacial score (nSPS) is 12.7. The van der Waals surface area contributed by atoms with Crippen molar-refractivity contribution in [1.82, 2.24) is 0 Å². The van der Waals surface area contributed by atoms with E-state index in [1.54, 1.807) is 0 Å². The van der Waals surface area contributed by atoms with Crippen molar-refractivity contribution in [3.05, 3.63) is 72.8 Å². The summed E-state index contributed by atoms with van der Waals surface area (Å²) in [6, 6.07) is 20.3. The first kappa shape index (κ1) is 19.8. The lowest BCUT2D eigenvalue weighted by Gasteiger charge is -2.08. The molecule has 2 aromatic carbocycles. The molecule has 2 nitrogen and oxygen atoms in total. The highest BCUT2D eigenvalue weighted by Gasteiger charge is 2.08. The molecular formula is C24H30N2. The van der Waals surface area contributed by atoms with Gasteiger partial charge in [-0.05, 0) is 49.6 Å². The molecule has 0 atom stereocenters. The fourth-order valence-corrected chi connectivity index (χ4v) is 2.64. The van der Waals surface area contributed by atoms with Crippen LogP contribution in [0.3, 0.4) is 0 Å². The Hall–Kier alpha value is -2.48. The van der Waals surface area contributed by atoms with Crippen molar-refractivity contribution in [2.45, 2.75) is 52.4 Å². The minimum atomic E-state index is 0.949. The number of benzene rings is 2. The molecule has 2 heteroatoms. The highest BCUT2D eigenvalue weighted by molar-refractivity contribution is 6.47. The summed E-state index contributed by atoms with van der Waals surface area (Å²) in [7, 11) is 0. The second kappa shape index (κ2) is 12.0. The van der Waals surface area contributed by atoms with E-state index in [9.17, 15) is 0 Å². The topological polar surface area (TPSA) is 24.7 Å². The van der Waals surface area contributed by atoms with Crippen molar-refractivity contribution in [2.75, 3.05) is 0 Å². The van der Waals surface area contributed by atoms with E-state index < -0.39 is 0 Å². The average Bonchev–Trinajstić information content (AvgIpc) is 2.68. The maximum Gasteiger partial charge on any atom is 0.0848 e. The van der Waals surface area contributed by atoms with Gasteiger partial charge in [0.2, 0.25) is 0 Å². The second-order valence-corrected chi connectivity index (χ2v) is 6.37. The van der Waals surface area contributed by atoms with Crippen LogP contribution < -0.4 is 0 Å². The van der Waals surface area contributed by atoms with Gasteiger partial charge in [-0.3, -0.25) is 4.99 Å². The summed E-state index contributed by atoms with van der Waals surface area (Å²) < 4.78 is 0. The third-order valence-electron chi connectivity index (χ3n) is 4.07. The van der Waals surface area contributed by atoms with Gasteiger partial charge in [-0.25, -0.2) is 4.99 Å². The van der Waals surface area contributed by atoms with Crippen LogP contribution in [-0.2, 0) is 0 Å². The Kier molecular flexibility index (Phi) is 9.13. The van der Waals surface area contributed by atoms with E-state index in [-0.39, 0.29) is 0 Å². The summed E-state index contributed by atoms with van der Waals surface area (Å²) in [4.78, 5) is 9.84. The van der Waals surface area contributed by atoms with E-state index in [4.69, 9.17) is 9.98 Å². The minimum Gasteiger partial charge on any atom is -0.251 e. The van der Waals surface area contributed by atoms with Gasteiger partial charge >= 0.3 is 0 Å². The highest BCUT2D eigenvalue weighted by atomic mass is 14.8. The van der Waals surface area contributed by atoms with Crippen molar-refractivity contribution in [3.63, 3.8) is 0 Å². The van der Waals surface area contributed by atoms with Crippen molar-refractivity contribution in [2.24, 2.45) is 9.98 Å². The van der Waals surface area contributed by atoms with Crippen molar-refractivity contribution in [1.29, 1.82) is 0 Å². The zero-order valence-corrected chi connectivity index (χ0v) is 16.1. The van der Waals surface area contributed by atoms with E-state index in [0.717, 1.165) is 48.5 Å². The molecule has 0 saturated heterocycles. The Morgan fingerprint density at radius 3 is 1.96 bits per heavy atom. The van der Waals surface area contributed by atoms with E-state index in [1.165, 1.54) is 12.8 Å². The predicted molar refractivity (Wildman–Crippen MR) is 115 cm³/mol. The first-order valence-electron chi connectivity index (χ1n) is 9.76. The van der Waals surface area contributed by atoms with Crippen LogP contribution >= 0.6 is 0 Å². The summed E-state index contributed by atoms with van der Waals surface area (Å²) in [5.74, 6) is 0. The molecule has 0 aliphatic rings. The molecule has 0 fully saturated rings. The van der Waals surface area contributed by atoms with Crippen molar-refractivity contribution in [3.8, 4) is 0 Å². The van der Waals surface area contributed by atoms with Gasteiger partial charge in [-0.15, -0.1) is 0 Å². The Labute approximate surface area is 158 Å². The Morgan fingerprint density at radius 1 is 0.769 bits per heavy atom. The quantitative estimate of drug-likeness (QED) is 0.315. The molecular weight excluding hydrogens is 316 g/mol. The number of rotatable bonds is 10. The number of aliphatic imine (C=N–C) groups is 2. The SMILES string of the molecule is CCCC=CC(=Nc1ccccc1)C(CCCCC)=Nc1ccccc1. The minimum absolute atomic E-state index is 0.949. The van der Waals surface area contributed by atoms with Gasteiger partial charge in [0, 0.05) is 0 Å². The predicted octanol–water partition coefficient (Wildman–Crippen LogP) is 7.47. The third kappa shape index (κ3) is 7.18. The zero-order chi connectivity index (χ0) is 18.5. The molecule has 136 valence electrons. The van der Waals surface area contributed by atoms with Crippen LogP contribution in [0.1, 0.15) is 52.4 Å². The summed E-state index contributed by atoms with van der Waals surface area (Å²) in [6.07, 6.45) is 11.0. The number of unbranched alkanes of at least 4 members (excludes halogenated alkanes) is 3. The molecule has 0 unspecified atom stereocenters. The van der Waals surface area contributed by atoms with Gasteiger partial charge in [0.1, 0.15) is 0 Å². The molecule has 0 heterocycles. The lowest BCUT2D eigenvalue weighted by molar-refractivity contribution is 0.744. The van der Waals surface area contributed by atoms with E-state index in [1.807, 2.05) is 48.5 Å². The Bertz CT molecular complexity index is 712. The molecule has 0 bridgehead atoms. The first-order chi connectivity index (χ1) is 12.8. The smallest absolute Gasteiger partial charge is 0.0848 e. The van der Waals surface area contributed by atoms with Crippen LogP contribution in [0.2, 0.25) is 0 Å². The van der Waals surface area contributed by atoms with Crippen LogP contribution in [0.15, 0.2) is 82.8 Å². The number of hydrogen-bond acceptors (Lipinski definition) is 2. The Balaban J connectivity index is 2.38. The zero-order valence-electron chi connectivity index (χ0n) is 16.1. The molecule has 2 rings (SSSR count). The maximum absolute atomic E-state index is 4.94. The average molecular weight is 347 g/mol. The molecule has 0 radical (unpaired) electrons. The van der Waals surface area contributed by atoms with E-state index in [2.05, 4.69) is 38.1 Å². The summed E-state index contributed by atoms with van der Waals surface area (Å²) >= 11 is 0. The summed E-state index contributed by atoms with van der Waals surface area (Å²) in [5, 5.41) is 0. The Morgan fingerprint density at radius 2 is 1.38 bits per heavy atom. The van der Waals surface area contributed by atoms with Crippen LogP contribution in [0.4, 0.5) is 11.4 Å². The molecule has 26 heavy (non-hydrogen) atoms.